The Morgan fingerprint density at radius 2 is 2.12 bits per heavy atom. The highest BCUT2D eigenvalue weighted by molar-refractivity contribution is 14.0. The van der Waals surface area contributed by atoms with Crippen LogP contribution in [0.4, 0.5) is 0 Å². The second-order valence-corrected chi connectivity index (χ2v) is 8.84. The molecular formula is C16H27IN4OS2. The highest BCUT2D eigenvalue weighted by Crippen LogP contribution is 2.29. The Kier molecular flexibility index (Phi) is 9.43. The van der Waals surface area contributed by atoms with Crippen molar-refractivity contribution in [1.82, 2.24) is 15.5 Å². The van der Waals surface area contributed by atoms with Crippen LogP contribution in [0.2, 0.25) is 0 Å². The lowest BCUT2D eigenvalue weighted by Gasteiger charge is -2.39. The Balaban J connectivity index is 0.00000288. The van der Waals surface area contributed by atoms with E-state index in [1.54, 1.807) is 0 Å². The number of guanidine groups is 1. The first-order valence-electron chi connectivity index (χ1n) is 7.93. The van der Waals surface area contributed by atoms with Crippen LogP contribution in [-0.4, -0.2) is 60.5 Å². The molecule has 1 aromatic heterocycles. The predicted octanol–water partition coefficient (Wildman–Crippen LogP) is 2.89. The molecular weight excluding hydrogens is 455 g/mol. The minimum absolute atomic E-state index is 0. The Hall–Kier alpha value is -0.480. The van der Waals surface area contributed by atoms with Gasteiger partial charge in [0.05, 0.1) is 4.88 Å². The summed E-state index contributed by atoms with van der Waals surface area (Å²) in [5.41, 5.74) is 0. The number of hydrogen-bond donors (Lipinski definition) is 2. The molecule has 0 aromatic carbocycles. The van der Waals surface area contributed by atoms with Gasteiger partial charge in [-0.15, -0.1) is 35.3 Å². The van der Waals surface area contributed by atoms with Gasteiger partial charge >= 0.3 is 0 Å². The third-order valence-corrected chi connectivity index (χ3v) is 5.77. The number of aliphatic imine (C=N–C) groups is 1. The number of thioether (sulfide) groups is 1. The molecule has 136 valence electrons. The van der Waals surface area contributed by atoms with Crippen molar-refractivity contribution in [1.29, 1.82) is 0 Å². The number of nitrogens with zero attached hydrogens (tertiary/aromatic N) is 2. The highest BCUT2D eigenvalue weighted by atomic mass is 127. The molecule has 0 unspecified atom stereocenters. The molecule has 0 aliphatic carbocycles. The SMILES string of the molecule is CN=C(NCCCNC(=O)c1cccs1)N1CCSC(C)(C)C1.I. The van der Waals surface area contributed by atoms with Crippen LogP contribution in [0.3, 0.4) is 0 Å². The fourth-order valence-electron chi connectivity index (χ4n) is 2.51. The van der Waals surface area contributed by atoms with Crippen LogP contribution < -0.4 is 10.6 Å². The van der Waals surface area contributed by atoms with Crippen molar-refractivity contribution in [3.05, 3.63) is 22.4 Å². The Bertz CT molecular complexity index is 534. The molecule has 1 aliphatic heterocycles. The second-order valence-electron chi connectivity index (χ2n) is 6.09. The van der Waals surface area contributed by atoms with Gasteiger partial charge in [-0.3, -0.25) is 9.79 Å². The van der Waals surface area contributed by atoms with Gasteiger partial charge in [-0.25, -0.2) is 0 Å². The Morgan fingerprint density at radius 3 is 2.75 bits per heavy atom. The monoisotopic (exact) mass is 482 g/mol. The fraction of sp³-hybridized carbons (Fsp3) is 0.625. The lowest BCUT2D eigenvalue weighted by molar-refractivity contribution is 0.0957. The fourth-order valence-corrected chi connectivity index (χ4v) is 4.27. The van der Waals surface area contributed by atoms with Crippen molar-refractivity contribution in [3.63, 3.8) is 0 Å². The molecule has 24 heavy (non-hydrogen) atoms. The number of nitrogens with one attached hydrogen (secondary N) is 2. The summed E-state index contributed by atoms with van der Waals surface area (Å²) in [7, 11) is 1.83. The third-order valence-electron chi connectivity index (χ3n) is 3.60. The molecule has 8 heteroatoms. The summed E-state index contributed by atoms with van der Waals surface area (Å²) in [4.78, 5) is 19.3. The number of halogens is 1. The summed E-state index contributed by atoms with van der Waals surface area (Å²) >= 11 is 3.48. The summed E-state index contributed by atoms with van der Waals surface area (Å²) < 4.78 is 0.268. The molecule has 0 atom stereocenters. The van der Waals surface area contributed by atoms with Gasteiger partial charge in [0.25, 0.3) is 5.91 Å². The van der Waals surface area contributed by atoms with Crippen molar-refractivity contribution in [2.75, 3.05) is 39.0 Å². The molecule has 2 rings (SSSR count). The average molecular weight is 482 g/mol. The van der Waals surface area contributed by atoms with E-state index < -0.39 is 0 Å². The summed E-state index contributed by atoms with van der Waals surface area (Å²) in [5, 5.41) is 8.26. The van der Waals surface area contributed by atoms with Crippen LogP contribution in [0, 0.1) is 0 Å². The van der Waals surface area contributed by atoms with Crippen LogP contribution >= 0.6 is 47.1 Å². The predicted molar refractivity (Wildman–Crippen MR) is 116 cm³/mol. The highest BCUT2D eigenvalue weighted by Gasteiger charge is 2.28. The molecule has 1 fully saturated rings. The van der Waals surface area contributed by atoms with Crippen LogP contribution in [0.1, 0.15) is 29.9 Å². The topological polar surface area (TPSA) is 56.7 Å². The van der Waals surface area contributed by atoms with Crippen molar-refractivity contribution in [2.45, 2.75) is 25.0 Å². The van der Waals surface area contributed by atoms with Gasteiger partial charge in [0, 0.05) is 43.7 Å². The van der Waals surface area contributed by atoms with Gasteiger partial charge < -0.3 is 15.5 Å². The van der Waals surface area contributed by atoms with E-state index in [2.05, 4.69) is 34.4 Å². The van der Waals surface area contributed by atoms with E-state index in [0.717, 1.165) is 42.6 Å². The van der Waals surface area contributed by atoms with Crippen LogP contribution in [0.15, 0.2) is 22.5 Å². The number of thiophene rings is 1. The lowest BCUT2D eigenvalue weighted by Crippen LogP contribution is -2.51. The second kappa shape index (κ2) is 10.5. The van der Waals surface area contributed by atoms with E-state index in [9.17, 15) is 4.79 Å². The van der Waals surface area contributed by atoms with E-state index in [0.29, 0.717) is 6.54 Å². The number of rotatable bonds is 5. The normalized spacial score (nSPS) is 17.1. The van der Waals surface area contributed by atoms with Gasteiger partial charge in [-0.1, -0.05) is 6.07 Å². The number of carbonyl (C=O) groups is 1. The standard InChI is InChI=1S/C16H26N4OS2.HI/c1-16(2)12-20(9-11-23-16)15(17-3)19-8-5-7-18-14(21)13-6-4-10-22-13;/h4,6,10H,5,7-9,11-12H2,1-3H3,(H,17,19)(H,18,21);1H. The summed E-state index contributed by atoms with van der Waals surface area (Å²) in [5.74, 6) is 2.10. The van der Waals surface area contributed by atoms with Gasteiger partial charge in [0.15, 0.2) is 5.96 Å². The molecule has 1 aromatic rings. The molecule has 2 heterocycles. The molecule has 0 bridgehead atoms. The summed E-state index contributed by atoms with van der Waals surface area (Å²) in [6, 6.07) is 3.74. The first-order valence-corrected chi connectivity index (χ1v) is 9.79. The van der Waals surface area contributed by atoms with E-state index in [-0.39, 0.29) is 34.6 Å². The van der Waals surface area contributed by atoms with E-state index in [1.165, 1.54) is 11.3 Å². The van der Waals surface area contributed by atoms with Crippen LogP contribution in [-0.2, 0) is 0 Å². The van der Waals surface area contributed by atoms with Crippen molar-refractivity contribution in [3.8, 4) is 0 Å². The summed E-state index contributed by atoms with van der Waals surface area (Å²) in [6.45, 7) is 8.06. The maximum Gasteiger partial charge on any atom is 0.261 e. The molecule has 0 radical (unpaired) electrons. The quantitative estimate of drug-likeness (QED) is 0.293. The first-order chi connectivity index (χ1) is 11.0. The molecule has 1 aliphatic rings. The maximum absolute atomic E-state index is 11.8. The largest absolute Gasteiger partial charge is 0.356 e. The Labute approximate surface area is 170 Å². The zero-order chi connectivity index (χ0) is 16.7. The minimum atomic E-state index is 0. The van der Waals surface area contributed by atoms with Crippen molar-refractivity contribution in [2.24, 2.45) is 4.99 Å². The van der Waals surface area contributed by atoms with E-state index >= 15 is 0 Å². The zero-order valence-electron chi connectivity index (χ0n) is 14.5. The van der Waals surface area contributed by atoms with Crippen LogP contribution in [0.25, 0.3) is 0 Å². The molecule has 2 N–H and O–H groups in total. The summed E-state index contributed by atoms with van der Waals surface area (Å²) in [6.07, 6.45) is 0.877. The van der Waals surface area contributed by atoms with Gasteiger partial charge in [0.2, 0.25) is 0 Å². The number of carbonyl (C=O) groups excluding carboxylic acids is 1. The van der Waals surface area contributed by atoms with E-state index in [1.807, 2.05) is 36.3 Å². The smallest absolute Gasteiger partial charge is 0.261 e. The average Bonchev–Trinajstić information content (AvgIpc) is 3.04. The molecule has 0 saturated carbocycles. The van der Waals surface area contributed by atoms with Gasteiger partial charge in [-0.05, 0) is 31.7 Å². The molecule has 0 spiro atoms. The Morgan fingerprint density at radius 1 is 1.38 bits per heavy atom. The zero-order valence-corrected chi connectivity index (χ0v) is 18.5. The van der Waals surface area contributed by atoms with Crippen molar-refractivity contribution >= 4 is 58.9 Å². The maximum atomic E-state index is 11.8. The molecule has 1 amide bonds. The lowest BCUT2D eigenvalue weighted by atomic mass is 10.2. The van der Waals surface area contributed by atoms with E-state index in [4.69, 9.17) is 0 Å². The van der Waals surface area contributed by atoms with Gasteiger partial charge in [0.1, 0.15) is 0 Å². The number of amides is 1. The van der Waals surface area contributed by atoms with Crippen molar-refractivity contribution < 1.29 is 4.79 Å². The first kappa shape index (κ1) is 21.6. The van der Waals surface area contributed by atoms with Crippen LogP contribution in [0.5, 0.6) is 0 Å². The third kappa shape index (κ3) is 6.79. The van der Waals surface area contributed by atoms with Gasteiger partial charge in [-0.2, -0.15) is 11.8 Å². The minimum Gasteiger partial charge on any atom is -0.356 e. The molecule has 5 nitrogen and oxygen atoms in total. The number of hydrogen-bond acceptors (Lipinski definition) is 4. The molecule has 1 saturated heterocycles.